The summed E-state index contributed by atoms with van der Waals surface area (Å²) in [5, 5.41) is 4.64. The first-order valence-corrected chi connectivity index (χ1v) is 8.97. The minimum atomic E-state index is -0.0326. The van der Waals surface area contributed by atoms with Gasteiger partial charge in [-0.1, -0.05) is 11.6 Å². The lowest BCUT2D eigenvalue weighted by molar-refractivity contribution is -0.115. The van der Waals surface area contributed by atoms with Crippen LogP contribution in [0.1, 0.15) is 18.4 Å². The fraction of sp³-hybridized carbons (Fsp3) is 0.250. The Balaban J connectivity index is 1.43. The van der Waals surface area contributed by atoms with Gasteiger partial charge in [-0.25, -0.2) is 0 Å². The average molecular weight is 354 g/mol. The summed E-state index contributed by atoms with van der Waals surface area (Å²) in [6.07, 6.45) is 4.70. The van der Waals surface area contributed by atoms with E-state index in [4.69, 9.17) is 11.6 Å². The molecule has 0 saturated carbocycles. The van der Waals surface area contributed by atoms with Crippen LogP contribution >= 0.6 is 11.6 Å². The molecule has 1 saturated heterocycles. The van der Waals surface area contributed by atoms with Crippen molar-refractivity contribution in [3.63, 3.8) is 0 Å². The fourth-order valence-electron chi connectivity index (χ4n) is 3.41. The molecule has 1 amide bonds. The van der Waals surface area contributed by atoms with E-state index < -0.39 is 0 Å². The number of H-pyrrole nitrogens is 1. The second-order valence-corrected chi connectivity index (χ2v) is 6.91. The zero-order chi connectivity index (χ0) is 17.2. The fourth-order valence-corrected chi connectivity index (χ4v) is 3.58. The van der Waals surface area contributed by atoms with Crippen molar-refractivity contribution in [2.75, 3.05) is 23.3 Å². The first-order valence-electron chi connectivity index (χ1n) is 8.59. The van der Waals surface area contributed by atoms with Gasteiger partial charge in [0.25, 0.3) is 0 Å². The third-order valence-electron chi connectivity index (χ3n) is 4.70. The molecule has 0 radical (unpaired) electrons. The summed E-state index contributed by atoms with van der Waals surface area (Å²) in [5.41, 5.74) is 3.98. The number of nitrogens with one attached hydrogen (secondary N) is 2. The van der Waals surface area contributed by atoms with Gasteiger partial charge in [-0.05, 0) is 60.9 Å². The second-order valence-electron chi connectivity index (χ2n) is 6.47. The van der Waals surface area contributed by atoms with E-state index in [2.05, 4.69) is 27.3 Å². The SMILES string of the molecule is O=C(Cc1c[nH]c2ccc(Cl)cc12)Nc1ccc(N2CCCC2)cc1. The van der Waals surface area contributed by atoms with E-state index in [0.29, 0.717) is 11.4 Å². The van der Waals surface area contributed by atoms with E-state index in [-0.39, 0.29) is 5.91 Å². The van der Waals surface area contributed by atoms with Crippen molar-refractivity contribution >= 4 is 39.8 Å². The molecule has 0 bridgehead atoms. The molecule has 0 atom stereocenters. The first-order chi connectivity index (χ1) is 12.2. The molecule has 2 heterocycles. The number of benzene rings is 2. The van der Waals surface area contributed by atoms with Crippen LogP contribution in [-0.4, -0.2) is 24.0 Å². The average Bonchev–Trinajstić information content (AvgIpc) is 3.26. The second kappa shape index (κ2) is 6.81. The number of halogens is 1. The van der Waals surface area contributed by atoms with E-state index in [0.717, 1.165) is 35.2 Å². The van der Waals surface area contributed by atoms with Gasteiger partial charge in [-0.3, -0.25) is 4.79 Å². The van der Waals surface area contributed by atoms with Crippen molar-refractivity contribution in [1.29, 1.82) is 0 Å². The normalized spacial score (nSPS) is 14.2. The molecule has 1 aromatic heterocycles. The monoisotopic (exact) mass is 353 g/mol. The van der Waals surface area contributed by atoms with Gasteiger partial charge in [0.15, 0.2) is 0 Å². The summed E-state index contributed by atoms with van der Waals surface area (Å²) in [6.45, 7) is 2.24. The van der Waals surface area contributed by atoms with Crippen LogP contribution in [0.25, 0.3) is 10.9 Å². The molecule has 25 heavy (non-hydrogen) atoms. The van der Waals surface area contributed by atoms with Crippen molar-refractivity contribution in [2.45, 2.75) is 19.3 Å². The van der Waals surface area contributed by atoms with Gasteiger partial charge in [0, 0.05) is 46.6 Å². The van der Waals surface area contributed by atoms with Crippen LogP contribution in [0, 0.1) is 0 Å². The number of hydrogen-bond donors (Lipinski definition) is 2. The number of hydrogen-bond acceptors (Lipinski definition) is 2. The molecular weight excluding hydrogens is 334 g/mol. The van der Waals surface area contributed by atoms with Crippen molar-refractivity contribution in [3.8, 4) is 0 Å². The molecule has 1 fully saturated rings. The highest BCUT2D eigenvalue weighted by molar-refractivity contribution is 6.31. The number of fused-ring (bicyclic) bond motifs is 1. The number of nitrogens with zero attached hydrogens (tertiary/aromatic N) is 1. The molecule has 1 aliphatic heterocycles. The number of anilines is 2. The lowest BCUT2D eigenvalue weighted by Crippen LogP contribution is -2.18. The molecule has 5 heteroatoms. The highest BCUT2D eigenvalue weighted by atomic mass is 35.5. The maximum atomic E-state index is 12.4. The first kappa shape index (κ1) is 16.0. The highest BCUT2D eigenvalue weighted by Crippen LogP contribution is 2.24. The molecule has 2 N–H and O–H groups in total. The molecular formula is C20H20ClN3O. The lowest BCUT2D eigenvalue weighted by atomic mass is 10.1. The molecule has 2 aromatic carbocycles. The van der Waals surface area contributed by atoms with Crippen molar-refractivity contribution < 1.29 is 4.79 Å². The summed E-state index contributed by atoms with van der Waals surface area (Å²) < 4.78 is 0. The molecule has 4 rings (SSSR count). The zero-order valence-corrected chi connectivity index (χ0v) is 14.6. The summed E-state index contributed by atoms with van der Waals surface area (Å²) in [7, 11) is 0. The largest absolute Gasteiger partial charge is 0.372 e. The van der Waals surface area contributed by atoms with Crippen LogP contribution in [0.5, 0.6) is 0 Å². The Bertz CT molecular complexity index is 895. The quantitative estimate of drug-likeness (QED) is 0.720. The van der Waals surface area contributed by atoms with Gasteiger partial charge in [0.2, 0.25) is 5.91 Å². The number of aromatic nitrogens is 1. The molecule has 128 valence electrons. The Hall–Kier alpha value is -2.46. The highest BCUT2D eigenvalue weighted by Gasteiger charge is 2.13. The predicted molar refractivity (Wildman–Crippen MR) is 104 cm³/mol. The number of carbonyl (C=O) groups excluding carboxylic acids is 1. The Labute approximate surface area is 151 Å². The number of carbonyl (C=O) groups is 1. The maximum absolute atomic E-state index is 12.4. The number of amides is 1. The summed E-state index contributed by atoms with van der Waals surface area (Å²) in [5.74, 6) is -0.0326. The lowest BCUT2D eigenvalue weighted by Gasteiger charge is -2.17. The van der Waals surface area contributed by atoms with Gasteiger partial charge in [-0.15, -0.1) is 0 Å². The van der Waals surface area contributed by atoms with Crippen LogP contribution in [0.2, 0.25) is 5.02 Å². The van der Waals surface area contributed by atoms with Gasteiger partial charge in [0.05, 0.1) is 6.42 Å². The molecule has 4 nitrogen and oxygen atoms in total. The molecule has 0 spiro atoms. The standard InChI is InChI=1S/C20H20ClN3O/c21-15-3-8-19-18(12-15)14(13-22-19)11-20(25)23-16-4-6-17(7-5-16)24-9-1-2-10-24/h3-8,12-13,22H,1-2,9-11H2,(H,23,25). The molecule has 0 aliphatic carbocycles. The van der Waals surface area contributed by atoms with Gasteiger partial charge < -0.3 is 15.2 Å². The van der Waals surface area contributed by atoms with E-state index >= 15 is 0 Å². The van der Waals surface area contributed by atoms with Crippen molar-refractivity contribution in [1.82, 2.24) is 4.98 Å². The van der Waals surface area contributed by atoms with Crippen LogP contribution < -0.4 is 10.2 Å². The summed E-state index contributed by atoms with van der Waals surface area (Å²) in [6, 6.07) is 13.7. The molecule has 3 aromatic rings. The third-order valence-corrected chi connectivity index (χ3v) is 4.94. The molecule has 1 aliphatic rings. The van der Waals surface area contributed by atoms with Crippen LogP contribution in [-0.2, 0) is 11.2 Å². The topological polar surface area (TPSA) is 48.1 Å². The number of aromatic amines is 1. The van der Waals surface area contributed by atoms with Gasteiger partial charge in [-0.2, -0.15) is 0 Å². The Kier molecular flexibility index (Phi) is 4.36. The summed E-state index contributed by atoms with van der Waals surface area (Å²) >= 11 is 6.06. The molecule has 0 unspecified atom stereocenters. The predicted octanol–water partition coefficient (Wildman–Crippen LogP) is 4.60. The minimum absolute atomic E-state index is 0.0326. The van der Waals surface area contributed by atoms with Gasteiger partial charge >= 0.3 is 0 Å². The summed E-state index contributed by atoms with van der Waals surface area (Å²) in [4.78, 5) is 17.9. The number of rotatable bonds is 4. The maximum Gasteiger partial charge on any atom is 0.228 e. The van der Waals surface area contributed by atoms with Crippen LogP contribution in [0.15, 0.2) is 48.7 Å². The Morgan fingerprint density at radius 2 is 1.88 bits per heavy atom. The zero-order valence-electron chi connectivity index (χ0n) is 13.9. The van der Waals surface area contributed by atoms with Crippen LogP contribution in [0.3, 0.4) is 0 Å². The van der Waals surface area contributed by atoms with E-state index in [9.17, 15) is 4.79 Å². The van der Waals surface area contributed by atoms with E-state index in [1.54, 1.807) is 0 Å². The Morgan fingerprint density at radius 1 is 1.12 bits per heavy atom. The van der Waals surface area contributed by atoms with Crippen molar-refractivity contribution in [2.24, 2.45) is 0 Å². The van der Waals surface area contributed by atoms with Crippen molar-refractivity contribution in [3.05, 3.63) is 59.2 Å². The third kappa shape index (κ3) is 3.49. The minimum Gasteiger partial charge on any atom is -0.372 e. The van der Waals surface area contributed by atoms with Crippen LogP contribution in [0.4, 0.5) is 11.4 Å². The van der Waals surface area contributed by atoms with Gasteiger partial charge in [0.1, 0.15) is 0 Å². The van der Waals surface area contributed by atoms with E-state index in [1.807, 2.05) is 36.5 Å². The smallest absolute Gasteiger partial charge is 0.228 e. The van der Waals surface area contributed by atoms with E-state index in [1.165, 1.54) is 18.5 Å². The Morgan fingerprint density at radius 3 is 2.64 bits per heavy atom.